The van der Waals surface area contributed by atoms with Gasteiger partial charge in [-0.05, 0) is 111 Å². The molecule has 8 nitrogen and oxygen atoms in total. The Labute approximate surface area is 279 Å². The molecule has 0 radical (unpaired) electrons. The van der Waals surface area contributed by atoms with Gasteiger partial charge in [0.15, 0.2) is 0 Å². The lowest BCUT2D eigenvalue weighted by atomic mass is 9.62. The Kier molecular flexibility index (Phi) is 9.96. The first-order valence-electron chi connectivity index (χ1n) is 17.0. The van der Waals surface area contributed by atoms with E-state index in [9.17, 15) is 13.2 Å². The van der Waals surface area contributed by atoms with Gasteiger partial charge in [0, 0.05) is 49.9 Å². The number of ether oxygens (including phenoxy) is 3. The highest BCUT2D eigenvalue weighted by Gasteiger charge is 2.49. The minimum atomic E-state index is -3.86. The number of fused-ring (bicyclic) bond motifs is 4. The summed E-state index contributed by atoms with van der Waals surface area (Å²) in [6.45, 7) is 4.53. The number of hydrogen-bond donors (Lipinski definition) is 1. The van der Waals surface area contributed by atoms with E-state index in [0.717, 1.165) is 87.3 Å². The second kappa shape index (κ2) is 13.7. The Morgan fingerprint density at radius 3 is 2.65 bits per heavy atom. The van der Waals surface area contributed by atoms with Gasteiger partial charge >= 0.3 is 0 Å². The minimum absolute atomic E-state index is 0.244. The Morgan fingerprint density at radius 1 is 1.07 bits per heavy atom. The lowest BCUT2D eigenvalue weighted by Gasteiger charge is -2.52. The van der Waals surface area contributed by atoms with Crippen LogP contribution >= 0.6 is 11.6 Å². The number of carbonyl (C=O) groups is 1. The maximum Gasteiger partial charge on any atom is 0.264 e. The molecule has 1 spiro atoms. The monoisotopic (exact) mass is 672 g/mol. The molecule has 46 heavy (non-hydrogen) atoms. The number of anilines is 1. The molecular weight excluding hydrogens is 624 g/mol. The van der Waals surface area contributed by atoms with Gasteiger partial charge in [0.05, 0.1) is 23.1 Å². The van der Waals surface area contributed by atoms with Gasteiger partial charge in [-0.25, -0.2) is 13.1 Å². The largest absolute Gasteiger partial charge is 0.490 e. The van der Waals surface area contributed by atoms with Crippen LogP contribution < -0.4 is 14.4 Å². The van der Waals surface area contributed by atoms with Crippen LogP contribution in [-0.4, -0.2) is 65.7 Å². The van der Waals surface area contributed by atoms with Crippen molar-refractivity contribution < 1.29 is 27.4 Å². The summed E-state index contributed by atoms with van der Waals surface area (Å²) in [5, 5.41) is 0.107. The molecule has 2 aromatic carbocycles. The molecule has 2 aromatic rings. The van der Waals surface area contributed by atoms with Crippen molar-refractivity contribution in [3.8, 4) is 5.75 Å². The average molecular weight is 673 g/mol. The van der Waals surface area contributed by atoms with Gasteiger partial charge in [0.1, 0.15) is 5.75 Å². The summed E-state index contributed by atoms with van der Waals surface area (Å²) in [7, 11) is -0.293. The fraction of sp³-hybridized carbons (Fsp3) is 0.639. The second-order valence-corrected chi connectivity index (χ2v) is 16.4. The first kappa shape index (κ1) is 33.6. The maximum atomic E-state index is 13.5. The fourth-order valence-electron chi connectivity index (χ4n) is 8.79. The van der Waals surface area contributed by atoms with Gasteiger partial charge in [0.25, 0.3) is 5.91 Å². The molecule has 2 bridgehead atoms. The molecule has 1 N–H and O–H groups in total. The van der Waals surface area contributed by atoms with E-state index >= 15 is 0 Å². The highest BCUT2D eigenvalue weighted by molar-refractivity contribution is 7.90. The van der Waals surface area contributed by atoms with Crippen molar-refractivity contribution in [1.82, 2.24) is 4.72 Å². The Hall–Kier alpha value is -2.33. The van der Waals surface area contributed by atoms with Crippen LogP contribution in [0.4, 0.5) is 5.69 Å². The van der Waals surface area contributed by atoms with Crippen LogP contribution in [0.15, 0.2) is 36.4 Å². The molecule has 2 aliphatic heterocycles. The third kappa shape index (κ3) is 6.41. The smallest absolute Gasteiger partial charge is 0.264 e. The number of nitrogens with one attached hydrogen (secondary N) is 1. The number of amides is 1. The molecule has 5 atom stereocenters. The Bertz CT molecular complexity index is 1530. The minimum Gasteiger partial charge on any atom is -0.490 e. The van der Waals surface area contributed by atoms with Gasteiger partial charge < -0.3 is 19.1 Å². The highest BCUT2D eigenvalue weighted by atomic mass is 35.5. The molecule has 0 unspecified atom stereocenters. The van der Waals surface area contributed by atoms with E-state index < -0.39 is 21.2 Å². The number of methoxy groups -OCH3 is 2. The number of carbonyl (C=O) groups excluding carboxylic acids is 1. The van der Waals surface area contributed by atoms with Crippen LogP contribution in [0.5, 0.6) is 5.75 Å². The SMILES string of the molecule is CC[C@@H]1CCCC[C@@](CCOC)(OC)[C@@H]2CC[C@H]2CN2C[C@@]3(CCCc4cc(Cl)ccc43)COc3ccc(cc32)C(=O)NS1(=O)=O. The van der Waals surface area contributed by atoms with Crippen LogP contribution in [0.3, 0.4) is 0 Å². The van der Waals surface area contributed by atoms with E-state index in [1.165, 1.54) is 11.1 Å². The summed E-state index contributed by atoms with van der Waals surface area (Å²) >= 11 is 6.45. The summed E-state index contributed by atoms with van der Waals surface area (Å²) < 4.78 is 48.0. The molecule has 1 saturated carbocycles. The topological polar surface area (TPSA) is 94.2 Å². The molecule has 252 valence electrons. The van der Waals surface area contributed by atoms with E-state index in [4.69, 9.17) is 25.8 Å². The zero-order valence-electron chi connectivity index (χ0n) is 27.5. The zero-order valence-corrected chi connectivity index (χ0v) is 29.1. The van der Waals surface area contributed by atoms with Crippen LogP contribution in [0.2, 0.25) is 5.02 Å². The fourth-order valence-corrected chi connectivity index (χ4v) is 10.4. The van der Waals surface area contributed by atoms with Gasteiger partial charge in [-0.15, -0.1) is 0 Å². The number of aryl methyl sites for hydroxylation is 1. The van der Waals surface area contributed by atoms with Gasteiger partial charge in [-0.2, -0.15) is 0 Å². The normalized spacial score (nSPS) is 31.1. The summed E-state index contributed by atoms with van der Waals surface area (Å²) in [5.41, 5.74) is 3.14. The standard InChI is InChI=1S/C36H49ClN2O6S/c1-4-29-9-5-6-17-36(44-3,18-19-43-2)31-13-10-27(31)22-39-23-35(16-7-8-25-20-28(37)12-14-30(25)35)24-45-33-15-11-26(21-32(33)39)34(40)38-46(29,41)42/h11-12,14-15,20-21,27,29,31H,4-10,13,16-19,22-24H2,1-3H3,(H,38,40)/t27-,29+,31+,35-,36-/m0/s1. The molecule has 4 aliphatic rings. The molecule has 0 aromatic heterocycles. The molecule has 0 saturated heterocycles. The molecule has 6 rings (SSSR count). The third-order valence-corrected chi connectivity index (χ3v) is 13.6. The van der Waals surface area contributed by atoms with E-state index in [1.807, 2.05) is 32.2 Å². The van der Waals surface area contributed by atoms with Crippen LogP contribution in [0.1, 0.15) is 92.6 Å². The predicted molar refractivity (Wildman–Crippen MR) is 182 cm³/mol. The third-order valence-electron chi connectivity index (χ3n) is 11.5. The van der Waals surface area contributed by atoms with Gasteiger partial charge in [0.2, 0.25) is 10.0 Å². The molecule has 1 amide bonds. The van der Waals surface area contributed by atoms with Crippen molar-refractivity contribution in [2.45, 2.75) is 93.8 Å². The molecular formula is C36H49ClN2O6S. The Balaban J connectivity index is 1.44. The summed E-state index contributed by atoms with van der Waals surface area (Å²) in [6.07, 6.45) is 9.38. The lowest BCUT2D eigenvalue weighted by Crippen LogP contribution is -2.54. The van der Waals surface area contributed by atoms with Crippen molar-refractivity contribution in [2.75, 3.05) is 45.4 Å². The first-order valence-corrected chi connectivity index (χ1v) is 19.0. The molecule has 1 fully saturated rings. The van der Waals surface area contributed by atoms with Crippen molar-refractivity contribution in [3.05, 3.63) is 58.1 Å². The number of nitrogens with zero attached hydrogens (tertiary/aromatic N) is 1. The van der Waals surface area contributed by atoms with Crippen LogP contribution in [0.25, 0.3) is 0 Å². The van der Waals surface area contributed by atoms with E-state index in [2.05, 4.69) is 21.8 Å². The average Bonchev–Trinajstić information content (AvgIpc) is 3.17. The number of sulfonamides is 1. The number of benzene rings is 2. The van der Waals surface area contributed by atoms with Crippen molar-refractivity contribution >= 4 is 33.2 Å². The molecule has 2 heterocycles. The summed E-state index contributed by atoms with van der Waals surface area (Å²) in [6, 6.07) is 11.6. The molecule has 2 aliphatic carbocycles. The number of hydrogen-bond acceptors (Lipinski definition) is 7. The number of rotatable bonds is 5. The highest BCUT2D eigenvalue weighted by Crippen LogP contribution is 2.50. The van der Waals surface area contributed by atoms with E-state index in [-0.39, 0.29) is 11.0 Å². The maximum absolute atomic E-state index is 13.5. The molecule has 10 heteroatoms. The van der Waals surface area contributed by atoms with E-state index in [1.54, 1.807) is 13.2 Å². The van der Waals surface area contributed by atoms with Gasteiger partial charge in [-0.3, -0.25) is 4.79 Å². The van der Waals surface area contributed by atoms with Crippen molar-refractivity contribution in [3.63, 3.8) is 0 Å². The summed E-state index contributed by atoms with van der Waals surface area (Å²) in [5.74, 6) is 0.864. The zero-order chi connectivity index (χ0) is 32.5. The first-order chi connectivity index (χ1) is 22.1. The number of halogens is 1. The quantitative estimate of drug-likeness (QED) is 0.379. The summed E-state index contributed by atoms with van der Waals surface area (Å²) in [4.78, 5) is 15.9. The van der Waals surface area contributed by atoms with Crippen molar-refractivity contribution in [1.29, 1.82) is 0 Å². The predicted octanol–water partition coefficient (Wildman–Crippen LogP) is 6.67. The lowest BCUT2D eigenvalue weighted by molar-refractivity contribution is -0.128. The Morgan fingerprint density at radius 2 is 1.91 bits per heavy atom. The second-order valence-electron chi connectivity index (χ2n) is 14.0. The van der Waals surface area contributed by atoms with E-state index in [0.29, 0.717) is 43.5 Å². The van der Waals surface area contributed by atoms with Crippen molar-refractivity contribution in [2.24, 2.45) is 11.8 Å². The van der Waals surface area contributed by atoms with Crippen LogP contribution in [0, 0.1) is 11.8 Å². The van der Waals surface area contributed by atoms with Crippen LogP contribution in [-0.2, 0) is 31.3 Å². The van der Waals surface area contributed by atoms with Gasteiger partial charge in [-0.1, -0.05) is 37.4 Å².